The van der Waals surface area contributed by atoms with Gasteiger partial charge in [0.2, 0.25) is 0 Å². The molecule has 0 saturated carbocycles. The number of anilines is 1. The van der Waals surface area contributed by atoms with E-state index < -0.39 is 0 Å². The second-order valence-corrected chi connectivity index (χ2v) is 9.42. The van der Waals surface area contributed by atoms with Crippen LogP contribution < -0.4 is 4.90 Å². The number of imide groups is 1. The number of likely N-dealkylation sites (N-methyl/N-ethyl adjacent to an activating group) is 1. The van der Waals surface area contributed by atoms with Crippen molar-refractivity contribution >= 4 is 23.1 Å². The summed E-state index contributed by atoms with van der Waals surface area (Å²) in [7, 11) is 4.11. The number of hydrogen-bond donors (Lipinski definition) is 0. The Bertz CT molecular complexity index is 1110. The molecule has 0 radical (unpaired) electrons. The molecule has 2 aromatic carbocycles. The molecule has 168 valence electrons. The van der Waals surface area contributed by atoms with Crippen LogP contribution in [0.4, 0.5) is 5.69 Å². The highest BCUT2D eigenvalue weighted by atomic mass is 16.2. The van der Waals surface area contributed by atoms with Crippen LogP contribution in [0.15, 0.2) is 42.1 Å². The highest BCUT2D eigenvalue weighted by Crippen LogP contribution is 2.38. The Morgan fingerprint density at radius 3 is 2.12 bits per heavy atom. The molecule has 0 aliphatic carbocycles. The quantitative estimate of drug-likeness (QED) is 0.680. The van der Waals surface area contributed by atoms with Gasteiger partial charge in [-0.25, -0.2) is 4.90 Å². The Hall–Kier alpha value is -2.92. The zero-order valence-electron chi connectivity index (χ0n) is 20.0. The Morgan fingerprint density at radius 2 is 1.47 bits per heavy atom. The average molecular weight is 432 g/mol. The molecular formula is C27H33N3O2. The maximum atomic E-state index is 13.9. The summed E-state index contributed by atoms with van der Waals surface area (Å²) in [4.78, 5) is 33.5. The summed E-state index contributed by atoms with van der Waals surface area (Å²) >= 11 is 0. The molecule has 2 aliphatic rings. The fourth-order valence-electron chi connectivity index (χ4n) is 4.93. The van der Waals surface area contributed by atoms with Gasteiger partial charge in [-0.05, 0) is 89.0 Å². The number of likely N-dealkylation sites (tertiary alicyclic amines) is 1. The standard InChI is InChI=1S/C27H33N3O2/c1-17-8-10-22(20(4)15-17)24-25(29(6)21-11-13-28(5)14-12-21)27(32)30(26(24)31)23-16-18(2)7-9-19(23)3/h7-10,15-16,21H,11-14H2,1-6H3. The van der Waals surface area contributed by atoms with Crippen molar-refractivity contribution in [3.63, 3.8) is 0 Å². The topological polar surface area (TPSA) is 43.9 Å². The van der Waals surface area contributed by atoms with Gasteiger partial charge in [-0.2, -0.15) is 0 Å². The zero-order chi connectivity index (χ0) is 23.2. The lowest BCUT2D eigenvalue weighted by atomic mass is 9.96. The van der Waals surface area contributed by atoms with Gasteiger partial charge in [-0.15, -0.1) is 0 Å². The van der Waals surface area contributed by atoms with Crippen molar-refractivity contribution in [3.05, 3.63) is 69.9 Å². The smallest absolute Gasteiger partial charge is 0.282 e. The highest BCUT2D eigenvalue weighted by molar-refractivity contribution is 6.45. The minimum Gasteiger partial charge on any atom is -0.366 e. The molecule has 2 heterocycles. The number of carbonyl (C=O) groups excluding carboxylic acids is 2. The van der Waals surface area contributed by atoms with E-state index in [4.69, 9.17) is 0 Å². The van der Waals surface area contributed by atoms with Crippen molar-refractivity contribution in [2.45, 2.75) is 46.6 Å². The maximum absolute atomic E-state index is 13.9. The first-order valence-corrected chi connectivity index (χ1v) is 11.4. The van der Waals surface area contributed by atoms with Crippen molar-refractivity contribution in [2.75, 3.05) is 32.1 Å². The molecule has 0 unspecified atom stereocenters. The van der Waals surface area contributed by atoms with E-state index in [2.05, 4.69) is 22.9 Å². The molecule has 2 aliphatic heterocycles. The van der Waals surface area contributed by atoms with Crippen molar-refractivity contribution in [3.8, 4) is 0 Å². The van der Waals surface area contributed by atoms with Crippen LogP contribution in [0.5, 0.6) is 0 Å². The molecule has 2 amide bonds. The predicted molar refractivity (Wildman–Crippen MR) is 130 cm³/mol. The SMILES string of the molecule is Cc1ccc(C2=C(N(C)C3CCN(C)CC3)C(=O)N(c3cc(C)ccc3C)C2=O)c(C)c1. The number of nitrogens with zero attached hydrogens (tertiary/aromatic N) is 3. The second kappa shape index (κ2) is 8.55. The van der Waals surface area contributed by atoms with E-state index in [1.807, 2.05) is 65.1 Å². The van der Waals surface area contributed by atoms with Crippen LogP contribution in [0.25, 0.3) is 5.57 Å². The van der Waals surface area contributed by atoms with Crippen LogP contribution in [0.3, 0.4) is 0 Å². The lowest BCUT2D eigenvalue weighted by Gasteiger charge is -2.36. The molecule has 0 aromatic heterocycles. The largest absolute Gasteiger partial charge is 0.366 e. The van der Waals surface area contributed by atoms with Gasteiger partial charge >= 0.3 is 0 Å². The molecular weight excluding hydrogens is 398 g/mol. The van der Waals surface area contributed by atoms with Crippen LogP contribution in [-0.2, 0) is 9.59 Å². The first-order chi connectivity index (χ1) is 15.2. The number of piperidine rings is 1. The van der Waals surface area contributed by atoms with Gasteiger partial charge in [0.25, 0.3) is 11.8 Å². The van der Waals surface area contributed by atoms with Gasteiger partial charge in [0.1, 0.15) is 5.70 Å². The molecule has 5 nitrogen and oxygen atoms in total. The summed E-state index contributed by atoms with van der Waals surface area (Å²) in [6.45, 7) is 9.97. The number of hydrogen-bond acceptors (Lipinski definition) is 4. The molecule has 0 spiro atoms. The van der Waals surface area contributed by atoms with Gasteiger partial charge in [0.15, 0.2) is 0 Å². The van der Waals surface area contributed by atoms with Crippen LogP contribution >= 0.6 is 0 Å². The summed E-state index contributed by atoms with van der Waals surface area (Å²) in [5.74, 6) is -0.453. The fourth-order valence-corrected chi connectivity index (χ4v) is 4.93. The molecule has 4 rings (SSSR count). The molecule has 0 bridgehead atoms. The minimum atomic E-state index is -0.231. The highest BCUT2D eigenvalue weighted by Gasteiger charge is 2.44. The third-order valence-electron chi connectivity index (χ3n) is 6.90. The van der Waals surface area contributed by atoms with Gasteiger partial charge in [-0.3, -0.25) is 9.59 Å². The average Bonchev–Trinajstić information content (AvgIpc) is 3.00. The summed E-state index contributed by atoms with van der Waals surface area (Å²) in [6.07, 6.45) is 1.95. The van der Waals surface area contributed by atoms with E-state index in [9.17, 15) is 9.59 Å². The fraction of sp³-hybridized carbons (Fsp3) is 0.407. The summed E-state index contributed by atoms with van der Waals surface area (Å²) < 4.78 is 0. The molecule has 1 fully saturated rings. The van der Waals surface area contributed by atoms with Gasteiger partial charge < -0.3 is 9.80 Å². The number of amides is 2. The van der Waals surface area contributed by atoms with Gasteiger partial charge in [0, 0.05) is 13.1 Å². The first-order valence-electron chi connectivity index (χ1n) is 11.4. The van der Waals surface area contributed by atoms with Crippen LogP contribution in [0, 0.1) is 27.7 Å². The molecule has 1 saturated heterocycles. The summed E-state index contributed by atoms with van der Waals surface area (Å²) in [6, 6.07) is 12.2. The van der Waals surface area contributed by atoms with E-state index in [1.54, 1.807) is 0 Å². The van der Waals surface area contributed by atoms with E-state index >= 15 is 0 Å². The molecule has 2 aromatic rings. The Morgan fingerprint density at radius 1 is 0.844 bits per heavy atom. The molecule has 0 N–H and O–H groups in total. The number of aryl methyl sites for hydroxylation is 4. The monoisotopic (exact) mass is 431 g/mol. The maximum Gasteiger partial charge on any atom is 0.282 e. The van der Waals surface area contributed by atoms with Crippen molar-refractivity contribution < 1.29 is 9.59 Å². The lowest BCUT2D eigenvalue weighted by Crippen LogP contribution is -2.43. The third kappa shape index (κ3) is 3.86. The van der Waals surface area contributed by atoms with Crippen molar-refractivity contribution in [1.82, 2.24) is 9.80 Å². The molecule has 32 heavy (non-hydrogen) atoms. The van der Waals surface area contributed by atoms with Crippen LogP contribution in [0.2, 0.25) is 0 Å². The number of carbonyl (C=O) groups is 2. The Balaban J connectivity index is 1.85. The van der Waals surface area contributed by atoms with E-state index in [0.717, 1.165) is 53.7 Å². The summed E-state index contributed by atoms with van der Waals surface area (Å²) in [5.41, 5.74) is 6.66. The van der Waals surface area contributed by atoms with Crippen LogP contribution in [0.1, 0.15) is 40.7 Å². The third-order valence-corrected chi connectivity index (χ3v) is 6.90. The van der Waals surface area contributed by atoms with Crippen LogP contribution in [-0.4, -0.2) is 54.8 Å². The predicted octanol–water partition coefficient (Wildman–Crippen LogP) is 4.23. The minimum absolute atomic E-state index is 0.222. The van der Waals surface area contributed by atoms with E-state index in [1.165, 1.54) is 4.90 Å². The first kappa shape index (κ1) is 22.3. The number of benzene rings is 2. The Kier molecular flexibility index (Phi) is 5.95. The second-order valence-electron chi connectivity index (χ2n) is 9.42. The van der Waals surface area contributed by atoms with E-state index in [0.29, 0.717) is 17.0 Å². The van der Waals surface area contributed by atoms with Crippen molar-refractivity contribution in [2.24, 2.45) is 0 Å². The van der Waals surface area contributed by atoms with Gasteiger partial charge in [-0.1, -0.05) is 35.9 Å². The van der Waals surface area contributed by atoms with Crippen molar-refractivity contribution in [1.29, 1.82) is 0 Å². The Labute approximate surface area is 191 Å². The van der Waals surface area contributed by atoms with Gasteiger partial charge in [0.05, 0.1) is 11.3 Å². The zero-order valence-corrected chi connectivity index (χ0v) is 20.0. The van der Waals surface area contributed by atoms with E-state index in [-0.39, 0.29) is 17.9 Å². The molecule has 0 atom stereocenters. The lowest BCUT2D eigenvalue weighted by molar-refractivity contribution is -0.120. The normalized spacial score (nSPS) is 18.1. The number of rotatable bonds is 4. The summed E-state index contributed by atoms with van der Waals surface area (Å²) in [5, 5.41) is 0. The molecule has 5 heteroatoms.